The van der Waals surface area contributed by atoms with E-state index in [-0.39, 0.29) is 17.8 Å². The van der Waals surface area contributed by atoms with Gasteiger partial charge in [0.25, 0.3) is 5.91 Å². The van der Waals surface area contributed by atoms with Crippen molar-refractivity contribution >= 4 is 22.6 Å². The molecule has 4 aromatic rings. The molecule has 0 saturated carbocycles. The molecule has 29 heavy (non-hydrogen) atoms. The molecule has 0 bridgehead atoms. The number of carbonyl (C=O) groups excluding carboxylic acids is 1. The molecule has 0 spiro atoms. The molecule has 2 aromatic carbocycles. The molecule has 0 saturated heterocycles. The zero-order chi connectivity index (χ0) is 20.1. The predicted octanol–water partition coefficient (Wildman–Crippen LogP) is 3.12. The molecule has 3 heterocycles. The van der Waals surface area contributed by atoms with Crippen molar-refractivity contribution in [1.29, 1.82) is 0 Å². The maximum atomic E-state index is 13.4. The molecule has 5 rings (SSSR count). The highest BCUT2D eigenvalue weighted by atomic mass is 19.1. The van der Waals surface area contributed by atoms with Crippen molar-refractivity contribution < 1.29 is 13.6 Å². The molecule has 0 radical (unpaired) electrons. The van der Waals surface area contributed by atoms with E-state index in [0.29, 0.717) is 34.4 Å². The van der Waals surface area contributed by atoms with Gasteiger partial charge in [-0.1, -0.05) is 0 Å². The number of nitrogens with zero attached hydrogens (tertiary/aromatic N) is 4. The highest BCUT2D eigenvalue weighted by Gasteiger charge is 2.27. The van der Waals surface area contributed by atoms with Gasteiger partial charge < -0.3 is 15.1 Å². The Bertz CT molecular complexity index is 1240. The van der Waals surface area contributed by atoms with Crippen LogP contribution in [-0.2, 0) is 6.54 Å². The van der Waals surface area contributed by atoms with Crippen molar-refractivity contribution in [3.63, 3.8) is 0 Å². The standard InChI is InChI=1S/C20H17FN6O2/c1-10-13-7-14-16(8-15(13)23-9-17-24-25-26-27(10)17)29-19(18(14)20(28)22-2)11-3-5-12(21)6-4-11/h3-8,10,23H,9H2,1-2H3,(H,22,28). The molecule has 0 aliphatic carbocycles. The minimum Gasteiger partial charge on any atom is -0.455 e. The molecule has 0 fully saturated rings. The topological polar surface area (TPSA) is 97.9 Å². The van der Waals surface area contributed by atoms with Gasteiger partial charge in [0.2, 0.25) is 0 Å². The molecule has 1 aliphatic heterocycles. The number of benzene rings is 2. The summed E-state index contributed by atoms with van der Waals surface area (Å²) < 4.78 is 21.2. The van der Waals surface area contributed by atoms with E-state index in [2.05, 4.69) is 26.2 Å². The van der Waals surface area contributed by atoms with E-state index in [1.54, 1.807) is 23.9 Å². The number of aromatic nitrogens is 4. The number of anilines is 1. The molecule has 1 aliphatic rings. The summed E-state index contributed by atoms with van der Waals surface area (Å²) in [6, 6.07) is 9.55. The van der Waals surface area contributed by atoms with Crippen LogP contribution in [0, 0.1) is 5.82 Å². The minimum atomic E-state index is -0.353. The van der Waals surface area contributed by atoms with Gasteiger partial charge in [-0.25, -0.2) is 9.07 Å². The number of rotatable bonds is 2. The van der Waals surface area contributed by atoms with Crippen molar-refractivity contribution in [2.24, 2.45) is 0 Å². The minimum absolute atomic E-state index is 0.129. The smallest absolute Gasteiger partial charge is 0.255 e. The highest BCUT2D eigenvalue weighted by Crippen LogP contribution is 2.39. The van der Waals surface area contributed by atoms with Crippen LogP contribution in [0.2, 0.25) is 0 Å². The van der Waals surface area contributed by atoms with Crippen LogP contribution in [-0.4, -0.2) is 33.2 Å². The maximum Gasteiger partial charge on any atom is 0.255 e. The summed E-state index contributed by atoms with van der Waals surface area (Å²) in [5, 5.41) is 18.6. The van der Waals surface area contributed by atoms with Gasteiger partial charge in [0.05, 0.1) is 18.2 Å². The number of furan rings is 1. The summed E-state index contributed by atoms with van der Waals surface area (Å²) in [4.78, 5) is 12.7. The third kappa shape index (κ3) is 2.65. The Kier molecular flexibility index (Phi) is 3.83. The molecule has 2 N–H and O–H groups in total. The Morgan fingerprint density at radius 1 is 1.31 bits per heavy atom. The summed E-state index contributed by atoms with van der Waals surface area (Å²) >= 11 is 0. The number of carbonyl (C=O) groups is 1. The van der Waals surface area contributed by atoms with E-state index in [4.69, 9.17) is 4.42 Å². The van der Waals surface area contributed by atoms with Crippen LogP contribution in [0.1, 0.15) is 34.7 Å². The van der Waals surface area contributed by atoms with Crippen LogP contribution in [0.25, 0.3) is 22.3 Å². The van der Waals surface area contributed by atoms with E-state index < -0.39 is 0 Å². The third-order valence-corrected chi connectivity index (χ3v) is 5.24. The largest absolute Gasteiger partial charge is 0.455 e. The Morgan fingerprint density at radius 3 is 2.86 bits per heavy atom. The zero-order valence-electron chi connectivity index (χ0n) is 15.7. The predicted molar refractivity (Wildman–Crippen MR) is 104 cm³/mol. The fourth-order valence-electron chi connectivity index (χ4n) is 3.75. The summed E-state index contributed by atoms with van der Waals surface area (Å²) in [5.41, 5.74) is 3.41. The molecule has 9 heteroatoms. The van der Waals surface area contributed by atoms with E-state index >= 15 is 0 Å². The average molecular weight is 392 g/mol. The van der Waals surface area contributed by atoms with E-state index in [0.717, 1.165) is 17.1 Å². The molecule has 1 atom stereocenters. The first-order valence-corrected chi connectivity index (χ1v) is 9.16. The second-order valence-corrected chi connectivity index (χ2v) is 6.90. The molecule has 8 nitrogen and oxygen atoms in total. The first-order chi connectivity index (χ1) is 14.1. The van der Waals surface area contributed by atoms with Crippen molar-refractivity contribution in [3.05, 3.63) is 59.2 Å². The first-order valence-electron chi connectivity index (χ1n) is 9.16. The Morgan fingerprint density at radius 2 is 2.10 bits per heavy atom. The van der Waals surface area contributed by atoms with Gasteiger partial charge in [0, 0.05) is 35.3 Å². The lowest BCUT2D eigenvalue weighted by atomic mass is 9.99. The first kappa shape index (κ1) is 17.4. The molecular formula is C20H17FN6O2. The van der Waals surface area contributed by atoms with Crippen molar-refractivity contribution in [1.82, 2.24) is 25.5 Å². The molecule has 146 valence electrons. The lowest BCUT2D eigenvalue weighted by Crippen LogP contribution is -2.18. The van der Waals surface area contributed by atoms with Gasteiger partial charge in [0.1, 0.15) is 17.2 Å². The number of tetrazole rings is 1. The SMILES string of the molecule is CNC(=O)c1c(-c2ccc(F)cc2)oc2cc3c(cc12)C(C)n1nnnc1CN3. The van der Waals surface area contributed by atoms with E-state index in [1.807, 2.05) is 19.1 Å². The summed E-state index contributed by atoms with van der Waals surface area (Å²) in [6.07, 6.45) is 0. The molecular weight excluding hydrogens is 375 g/mol. The fraction of sp³-hybridized carbons (Fsp3) is 0.200. The summed E-state index contributed by atoms with van der Waals surface area (Å²) in [5.74, 6) is 0.493. The third-order valence-electron chi connectivity index (χ3n) is 5.24. The Balaban J connectivity index is 1.75. The Labute approximate surface area is 164 Å². The van der Waals surface area contributed by atoms with Crippen molar-refractivity contribution in [3.8, 4) is 11.3 Å². The number of nitrogens with one attached hydrogen (secondary N) is 2. The van der Waals surface area contributed by atoms with Crippen LogP contribution in [0.15, 0.2) is 40.8 Å². The van der Waals surface area contributed by atoms with Crippen molar-refractivity contribution in [2.75, 3.05) is 12.4 Å². The summed E-state index contributed by atoms with van der Waals surface area (Å²) in [6.45, 7) is 2.47. The van der Waals surface area contributed by atoms with Gasteiger partial charge in [-0.15, -0.1) is 5.10 Å². The van der Waals surface area contributed by atoms with Gasteiger partial charge in [-0.3, -0.25) is 4.79 Å². The van der Waals surface area contributed by atoms with Crippen LogP contribution in [0.4, 0.5) is 10.1 Å². The number of fused-ring (bicyclic) bond motifs is 3. The van der Waals surface area contributed by atoms with Crippen molar-refractivity contribution in [2.45, 2.75) is 19.5 Å². The number of halogens is 1. The average Bonchev–Trinajstić information content (AvgIpc) is 3.32. The fourth-order valence-corrected chi connectivity index (χ4v) is 3.75. The lowest BCUT2D eigenvalue weighted by molar-refractivity contribution is 0.0964. The van der Waals surface area contributed by atoms with E-state index in [9.17, 15) is 9.18 Å². The molecule has 1 amide bonds. The zero-order valence-corrected chi connectivity index (χ0v) is 15.7. The van der Waals surface area contributed by atoms with Gasteiger partial charge in [0.15, 0.2) is 5.82 Å². The second kappa shape index (κ2) is 6.40. The van der Waals surface area contributed by atoms with Gasteiger partial charge in [-0.2, -0.15) is 0 Å². The molecule has 1 unspecified atom stereocenters. The van der Waals surface area contributed by atoms with Crippen LogP contribution < -0.4 is 10.6 Å². The normalized spacial score (nSPS) is 15.3. The Hall–Kier alpha value is -3.75. The number of hydrogen-bond donors (Lipinski definition) is 2. The monoisotopic (exact) mass is 392 g/mol. The van der Waals surface area contributed by atoms with Gasteiger partial charge in [-0.05, 0) is 47.7 Å². The van der Waals surface area contributed by atoms with E-state index in [1.165, 1.54) is 12.1 Å². The van der Waals surface area contributed by atoms with Crippen LogP contribution in [0.5, 0.6) is 0 Å². The highest BCUT2D eigenvalue weighted by molar-refractivity contribution is 6.11. The maximum absolute atomic E-state index is 13.4. The summed E-state index contributed by atoms with van der Waals surface area (Å²) in [7, 11) is 1.57. The number of amides is 1. The second-order valence-electron chi connectivity index (χ2n) is 6.90. The lowest BCUT2D eigenvalue weighted by Gasteiger charge is -2.13. The van der Waals surface area contributed by atoms with Crippen LogP contribution in [0.3, 0.4) is 0 Å². The van der Waals surface area contributed by atoms with Gasteiger partial charge >= 0.3 is 0 Å². The number of hydrogen-bond acceptors (Lipinski definition) is 6. The quantitative estimate of drug-likeness (QED) is 0.544. The van der Waals surface area contributed by atoms with Crippen LogP contribution >= 0.6 is 0 Å². The molecule has 2 aromatic heterocycles.